The van der Waals surface area contributed by atoms with E-state index < -0.39 is 11.6 Å². The standard InChI is InChI=1S/C25H25F2N3OS/c1-14-4-2-3-9-29(14)24-19-13-18(15-5-6-15)21(17-8-7-16(26)12-20(17)27)23-22(19)30(10-11-32-23)25(31)28-24/h7-8,12-15H,2-6,9-11H2,1H3/t14-/m0/s1. The molecule has 1 saturated heterocycles. The minimum atomic E-state index is -0.580. The Hall–Kier alpha value is -2.41. The lowest BCUT2D eigenvalue weighted by molar-refractivity contribution is 0.481. The molecule has 4 nitrogen and oxygen atoms in total. The van der Waals surface area contributed by atoms with Crippen LogP contribution in [0.5, 0.6) is 0 Å². The Bertz CT molecular complexity index is 1300. The van der Waals surface area contributed by atoms with Gasteiger partial charge in [-0.25, -0.2) is 13.6 Å². The van der Waals surface area contributed by atoms with Gasteiger partial charge >= 0.3 is 5.69 Å². The third-order valence-corrected chi connectivity index (χ3v) is 8.16. The molecule has 0 radical (unpaired) electrons. The zero-order valence-corrected chi connectivity index (χ0v) is 18.9. The van der Waals surface area contributed by atoms with Crippen LogP contribution in [-0.2, 0) is 6.54 Å². The van der Waals surface area contributed by atoms with Crippen LogP contribution in [0.2, 0.25) is 0 Å². The number of benzene rings is 2. The predicted molar refractivity (Wildman–Crippen MR) is 125 cm³/mol. The predicted octanol–water partition coefficient (Wildman–Crippen LogP) is 5.70. The molecule has 0 bridgehead atoms. The number of hydrogen-bond donors (Lipinski definition) is 0. The number of piperidine rings is 1. The molecule has 32 heavy (non-hydrogen) atoms. The fourth-order valence-corrected chi connectivity index (χ4v) is 6.53. The second kappa shape index (κ2) is 7.58. The molecule has 1 atom stereocenters. The summed E-state index contributed by atoms with van der Waals surface area (Å²) < 4.78 is 30.4. The quantitative estimate of drug-likeness (QED) is 0.510. The Kier molecular flexibility index (Phi) is 4.79. The molecule has 3 aliphatic rings. The van der Waals surface area contributed by atoms with Crippen LogP contribution in [0.3, 0.4) is 0 Å². The van der Waals surface area contributed by atoms with Crippen molar-refractivity contribution in [3.05, 3.63) is 51.9 Å². The van der Waals surface area contributed by atoms with Crippen molar-refractivity contribution in [1.29, 1.82) is 0 Å². The van der Waals surface area contributed by atoms with Crippen molar-refractivity contribution in [2.45, 2.75) is 62.4 Å². The SMILES string of the molecule is C[C@H]1CCCCN1c1nc(=O)n2c3c(c(-c4ccc(F)cc4F)c(C4CC4)cc13)SCC2. The Balaban J connectivity index is 1.70. The van der Waals surface area contributed by atoms with Gasteiger partial charge in [0.05, 0.1) is 5.52 Å². The number of thioether (sulfide) groups is 1. The van der Waals surface area contributed by atoms with E-state index in [0.29, 0.717) is 24.1 Å². The Labute approximate surface area is 189 Å². The smallest absolute Gasteiger partial charge is 0.350 e. The molecule has 6 rings (SSSR count). The van der Waals surface area contributed by atoms with Gasteiger partial charge in [-0.2, -0.15) is 4.98 Å². The average Bonchev–Trinajstić information content (AvgIpc) is 3.62. The van der Waals surface area contributed by atoms with E-state index in [1.807, 2.05) is 0 Å². The Morgan fingerprint density at radius 3 is 2.69 bits per heavy atom. The van der Waals surface area contributed by atoms with Crippen LogP contribution in [0.4, 0.5) is 14.6 Å². The molecular weight excluding hydrogens is 428 g/mol. The third kappa shape index (κ3) is 3.16. The maximum atomic E-state index is 15.0. The van der Waals surface area contributed by atoms with E-state index in [2.05, 4.69) is 22.9 Å². The molecule has 3 heterocycles. The van der Waals surface area contributed by atoms with Crippen LogP contribution in [-0.4, -0.2) is 27.9 Å². The van der Waals surface area contributed by atoms with E-state index in [0.717, 1.165) is 76.8 Å². The number of halogens is 2. The lowest BCUT2D eigenvalue weighted by Gasteiger charge is -2.36. The fourth-order valence-electron chi connectivity index (χ4n) is 5.32. The molecule has 2 aromatic carbocycles. The molecule has 3 aromatic rings. The maximum Gasteiger partial charge on any atom is 0.350 e. The second-order valence-corrected chi connectivity index (χ2v) is 10.3. The zero-order valence-electron chi connectivity index (χ0n) is 18.0. The van der Waals surface area contributed by atoms with E-state index in [4.69, 9.17) is 0 Å². The van der Waals surface area contributed by atoms with E-state index >= 15 is 0 Å². The summed E-state index contributed by atoms with van der Waals surface area (Å²) in [5.74, 6) is 0.729. The van der Waals surface area contributed by atoms with E-state index in [-0.39, 0.29) is 5.69 Å². The van der Waals surface area contributed by atoms with Gasteiger partial charge in [0.2, 0.25) is 0 Å². The monoisotopic (exact) mass is 453 g/mol. The summed E-state index contributed by atoms with van der Waals surface area (Å²) in [6.07, 6.45) is 5.49. The molecule has 166 valence electrons. The summed E-state index contributed by atoms with van der Waals surface area (Å²) >= 11 is 1.67. The number of rotatable bonds is 3. The highest BCUT2D eigenvalue weighted by atomic mass is 32.2. The first kappa shape index (κ1) is 20.2. The van der Waals surface area contributed by atoms with Gasteiger partial charge in [0.25, 0.3) is 0 Å². The molecule has 2 aliphatic heterocycles. The first-order valence-corrected chi connectivity index (χ1v) is 12.5. The molecule has 0 unspecified atom stereocenters. The van der Waals surface area contributed by atoms with Crippen molar-refractivity contribution in [2.75, 3.05) is 17.2 Å². The van der Waals surface area contributed by atoms with Crippen molar-refractivity contribution in [3.63, 3.8) is 0 Å². The molecule has 0 amide bonds. The fraction of sp³-hybridized carbons (Fsp3) is 0.440. The Morgan fingerprint density at radius 2 is 1.94 bits per heavy atom. The molecule has 1 aliphatic carbocycles. The second-order valence-electron chi connectivity index (χ2n) is 9.22. The summed E-state index contributed by atoms with van der Waals surface area (Å²) in [5, 5.41) is 0.994. The van der Waals surface area contributed by atoms with Gasteiger partial charge in [0, 0.05) is 52.4 Å². The summed E-state index contributed by atoms with van der Waals surface area (Å²) in [5.41, 5.74) is 2.97. The average molecular weight is 454 g/mol. The van der Waals surface area contributed by atoms with Crippen LogP contribution in [0.1, 0.15) is 50.5 Å². The van der Waals surface area contributed by atoms with Gasteiger partial charge in [-0.3, -0.25) is 4.57 Å². The summed E-state index contributed by atoms with van der Waals surface area (Å²) in [6, 6.07) is 6.30. The largest absolute Gasteiger partial charge is 0.353 e. The number of anilines is 1. The lowest BCUT2D eigenvalue weighted by atomic mass is 9.93. The maximum absolute atomic E-state index is 15.0. The first-order chi connectivity index (χ1) is 15.5. The third-order valence-electron chi connectivity index (χ3n) is 7.08. The van der Waals surface area contributed by atoms with Crippen molar-refractivity contribution in [1.82, 2.24) is 9.55 Å². The highest BCUT2D eigenvalue weighted by molar-refractivity contribution is 7.99. The molecule has 0 N–H and O–H groups in total. The lowest BCUT2D eigenvalue weighted by Crippen LogP contribution is -2.40. The number of hydrogen-bond acceptors (Lipinski definition) is 4. The van der Waals surface area contributed by atoms with Crippen LogP contribution in [0.25, 0.3) is 22.0 Å². The summed E-state index contributed by atoms with van der Waals surface area (Å²) in [6.45, 7) is 3.68. The molecule has 1 saturated carbocycles. The summed E-state index contributed by atoms with van der Waals surface area (Å²) in [4.78, 5) is 20.9. The van der Waals surface area contributed by atoms with Crippen molar-refractivity contribution in [2.24, 2.45) is 0 Å². The van der Waals surface area contributed by atoms with Crippen LogP contribution < -0.4 is 10.6 Å². The normalized spacial score (nSPS) is 20.7. The molecule has 1 aromatic heterocycles. The molecule has 7 heteroatoms. The summed E-state index contributed by atoms with van der Waals surface area (Å²) in [7, 11) is 0. The van der Waals surface area contributed by atoms with E-state index in [1.165, 1.54) is 12.5 Å². The molecule has 0 spiro atoms. The van der Waals surface area contributed by atoms with E-state index in [9.17, 15) is 13.6 Å². The van der Waals surface area contributed by atoms with Crippen LogP contribution in [0.15, 0.2) is 34.0 Å². The number of aromatic nitrogens is 2. The van der Waals surface area contributed by atoms with E-state index in [1.54, 1.807) is 22.4 Å². The molecule has 2 fully saturated rings. The van der Waals surface area contributed by atoms with Crippen molar-refractivity contribution in [3.8, 4) is 11.1 Å². The first-order valence-electron chi connectivity index (χ1n) is 11.5. The van der Waals surface area contributed by atoms with Gasteiger partial charge in [-0.05, 0) is 68.7 Å². The van der Waals surface area contributed by atoms with Gasteiger partial charge < -0.3 is 4.90 Å². The molecular formula is C25H25F2N3OS. The highest BCUT2D eigenvalue weighted by Gasteiger charge is 2.34. The van der Waals surface area contributed by atoms with Gasteiger partial charge in [-0.1, -0.05) is 0 Å². The van der Waals surface area contributed by atoms with Crippen LogP contribution in [0, 0.1) is 11.6 Å². The van der Waals surface area contributed by atoms with Gasteiger partial charge in [0.1, 0.15) is 17.5 Å². The topological polar surface area (TPSA) is 38.1 Å². The van der Waals surface area contributed by atoms with Crippen molar-refractivity contribution >= 4 is 28.5 Å². The van der Waals surface area contributed by atoms with Gasteiger partial charge in [-0.15, -0.1) is 11.8 Å². The highest BCUT2D eigenvalue weighted by Crippen LogP contribution is 2.52. The zero-order chi connectivity index (χ0) is 22.0. The minimum absolute atomic E-state index is 0.239. The minimum Gasteiger partial charge on any atom is -0.353 e. The Morgan fingerprint density at radius 1 is 1.09 bits per heavy atom. The number of nitrogens with zero attached hydrogens (tertiary/aromatic N) is 3. The number of aryl methyl sites for hydroxylation is 1. The van der Waals surface area contributed by atoms with Crippen LogP contribution >= 0.6 is 11.8 Å². The van der Waals surface area contributed by atoms with Gasteiger partial charge in [0.15, 0.2) is 0 Å². The van der Waals surface area contributed by atoms with Crippen molar-refractivity contribution < 1.29 is 8.78 Å².